The Labute approximate surface area is 301 Å². The zero-order valence-corrected chi connectivity index (χ0v) is 31.6. The number of phosphoric ester groups is 1. The molecule has 0 aromatic heterocycles. The fourth-order valence-corrected chi connectivity index (χ4v) is 5.37. The van der Waals surface area contributed by atoms with E-state index in [2.05, 4.69) is 67.0 Å². The van der Waals surface area contributed by atoms with Crippen molar-refractivity contribution in [1.29, 1.82) is 0 Å². The highest BCUT2D eigenvalue weighted by Crippen LogP contribution is 2.43. The maximum atomic E-state index is 12.5. The lowest BCUT2D eigenvalue weighted by Crippen LogP contribution is -2.34. The standard InChI is InChI=1S/C38H66NO10P/c1-3-5-7-9-11-13-15-16-17-18-20-22-24-26-28-30-37(41)49-34(32-47-50(44,45)48-33-35(39)38(42)43)31-46-36(40)29-27-25-23-21-19-14-12-10-8-6-4-2/h5,7,10-13,16-17,34-35H,3-4,6,8-9,14-15,18-33,39H2,1-2H3,(H,42,43)(H,44,45)/b7-5-,12-10-,13-11-,17-16-. The van der Waals surface area contributed by atoms with Crippen LogP contribution in [0, 0.1) is 0 Å². The van der Waals surface area contributed by atoms with E-state index in [9.17, 15) is 23.8 Å². The zero-order chi connectivity index (χ0) is 37.1. The second kappa shape index (κ2) is 33.6. The number of carboxylic acids is 1. The molecule has 3 unspecified atom stereocenters. The number of phosphoric acid groups is 1. The molecule has 4 N–H and O–H groups in total. The number of rotatable bonds is 34. The average molecular weight is 728 g/mol. The van der Waals surface area contributed by atoms with Crippen LogP contribution in [0.3, 0.4) is 0 Å². The van der Waals surface area contributed by atoms with Crippen LogP contribution in [0.25, 0.3) is 0 Å². The van der Waals surface area contributed by atoms with Gasteiger partial charge in [-0.15, -0.1) is 0 Å². The molecular weight excluding hydrogens is 661 g/mol. The fraction of sp³-hybridized carbons (Fsp3) is 0.711. The molecule has 0 heterocycles. The lowest BCUT2D eigenvalue weighted by atomic mass is 10.1. The Morgan fingerprint density at radius 2 is 1.12 bits per heavy atom. The summed E-state index contributed by atoms with van der Waals surface area (Å²) in [5.74, 6) is -2.42. The van der Waals surface area contributed by atoms with Crippen LogP contribution in [0.1, 0.15) is 142 Å². The summed E-state index contributed by atoms with van der Waals surface area (Å²) in [6, 6.07) is -1.53. The quantitative estimate of drug-likeness (QED) is 0.0250. The van der Waals surface area contributed by atoms with Gasteiger partial charge in [0.05, 0.1) is 13.2 Å². The van der Waals surface area contributed by atoms with Crippen molar-refractivity contribution in [1.82, 2.24) is 0 Å². The van der Waals surface area contributed by atoms with E-state index in [4.69, 9.17) is 24.8 Å². The first-order valence-corrected chi connectivity index (χ1v) is 20.2. The second-order valence-electron chi connectivity index (χ2n) is 12.3. The largest absolute Gasteiger partial charge is 0.480 e. The Kier molecular flexibility index (Phi) is 31.9. The van der Waals surface area contributed by atoms with Gasteiger partial charge in [-0.2, -0.15) is 0 Å². The van der Waals surface area contributed by atoms with E-state index in [0.29, 0.717) is 12.8 Å². The molecule has 0 radical (unpaired) electrons. The van der Waals surface area contributed by atoms with Gasteiger partial charge in [-0.05, 0) is 64.2 Å². The van der Waals surface area contributed by atoms with E-state index in [1.165, 1.54) is 12.8 Å². The summed E-state index contributed by atoms with van der Waals surface area (Å²) in [5, 5.41) is 8.85. The summed E-state index contributed by atoms with van der Waals surface area (Å²) in [5.41, 5.74) is 5.31. The molecule has 0 spiro atoms. The highest BCUT2D eigenvalue weighted by molar-refractivity contribution is 7.47. The van der Waals surface area contributed by atoms with E-state index in [0.717, 1.165) is 89.9 Å². The summed E-state index contributed by atoms with van der Waals surface area (Å²) in [7, 11) is -4.72. The van der Waals surface area contributed by atoms with Gasteiger partial charge in [-0.1, -0.05) is 114 Å². The van der Waals surface area contributed by atoms with Gasteiger partial charge in [-0.25, -0.2) is 4.57 Å². The molecule has 0 rings (SSSR count). The number of carbonyl (C=O) groups excluding carboxylic acids is 2. The highest BCUT2D eigenvalue weighted by atomic mass is 31.2. The molecule has 0 fully saturated rings. The number of esters is 2. The lowest BCUT2D eigenvalue weighted by molar-refractivity contribution is -0.161. The molecule has 0 aliphatic carbocycles. The van der Waals surface area contributed by atoms with Crippen LogP contribution in [0.4, 0.5) is 0 Å². The monoisotopic (exact) mass is 727 g/mol. The molecule has 0 bridgehead atoms. The first-order valence-electron chi connectivity index (χ1n) is 18.7. The number of hydrogen-bond donors (Lipinski definition) is 3. The van der Waals surface area contributed by atoms with E-state index in [1.54, 1.807) is 0 Å². The Morgan fingerprint density at radius 1 is 0.640 bits per heavy atom. The normalized spacial score (nSPS) is 14.5. The number of carbonyl (C=O) groups is 3. The minimum absolute atomic E-state index is 0.138. The minimum atomic E-state index is -4.72. The third kappa shape index (κ3) is 32.6. The van der Waals surface area contributed by atoms with Crippen LogP contribution in [0.5, 0.6) is 0 Å². The van der Waals surface area contributed by atoms with Crippen molar-refractivity contribution in [3.63, 3.8) is 0 Å². The van der Waals surface area contributed by atoms with Crippen molar-refractivity contribution in [3.05, 3.63) is 48.6 Å². The topological polar surface area (TPSA) is 172 Å². The number of unbranched alkanes of at least 4 members (excludes halogenated alkanes) is 12. The van der Waals surface area contributed by atoms with Crippen LogP contribution in [0.15, 0.2) is 48.6 Å². The van der Waals surface area contributed by atoms with Crippen molar-refractivity contribution in [2.45, 2.75) is 154 Å². The minimum Gasteiger partial charge on any atom is -0.480 e. The Hall–Kier alpha value is -2.56. The summed E-state index contributed by atoms with van der Waals surface area (Å²) < 4.78 is 32.5. The van der Waals surface area contributed by atoms with Gasteiger partial charge in [0.2, 0.25) is 0 Å². The van der Waals surface area contributed by atoms with Gasteiger partial charge in [0.25, 0.3) is 0 Å². The number of allylic oxidation sites excluding steroid dienone is 8. The van der Waals surface area contributed by atoms with Crippen molar-refractivity contribution < 1.29 is 47.5 Å². The number of carboxylic acid groups (broad SMARTS) is 1. The Bertz CT molecular complexity index is 1040. The van der Waals surface area contributed by atoms with E-state index in [-0.39, 0.29) is 19.4 Å². The molecule has 12 heteroatoms. The molecule has 0 aromatic rings. The van der Waals surface area contributed by atoms with E-state index >= 15 is 0 Å². The maximum absolute atomic E-state index is 12.5. The van der Waals surface area contributed by atoms with E-state index in [1.807, 2.05) is 0 Å². The van der Waals surface area contributed by atoms with Crippen LogP contribution in [0.2, 0.25) is 0 Å². The third-order valence-electron chi connectivity index (χ3n) is 7.56. The first-order chi connectivity index (χ1) is 24.1. The smallest absolute Gasteiger partial charge is 0.472 e. The molecular formula is C38H66NO10P. The van der Waals surface area contributed by atoms with Crippen molar-refractivity contribution in [2.24, 2.45) is 5.73 Å². The number of aliphatic carboxylic acids is 1. The predicted octanol–water partition coefficient (Wildman–Crippen LogP) is 9.05. The van der Waals surface area contributed by atoms with Gasteiger partial charge in [0, 0.05) is 12.8 Å². The van der Waals surface area contributed by atoms with Crippen LogP contribution in [-0.4, -0.2) is 59.9 Å². The molecule has 50 heavy (non-hydrogen) atoms. The van der Waals surface area contributed by atoms with Crippen LogP contribution < -0.4 is 5.73 Å². The molecule has 0 saturated carbocycles. The van der Waals surface area contributed by atoms with Crippen molar-refractivity contribution >= 4 is 25.7 Å². The summed E-state index contributed by atoms with van der Waals surface area (Å²) in [6.07, 6.45) is 34.7. The number of ether oxygens (including phenoxy) is 2. The molecule has 0 aliphatic heterocycles. The molecule has 0 aromatic carbocycles. The molecule has 11 nitrogen and oxygen atoms in total. The number of nitrogens with two attached hydrogens (primary N) is 1. The fourth-order valence-electron chi connectivity index (χ4n) is 4.59. The van der Waals surface area contributed by atoms with Gasteiger partial charge >= 0.3 is 25.7 Å². The van der Waals surface area contributed by atoms with Gasteiger partial charge in [0.1, 0.15) is 12.6 Å². The number of hydrogen-bond acceptors (Lipinski definition) is 9. The molecule has 0 amide bonds. The van der Waals surface area contributed by atoms with Gasteiger partial charge in [-0.3, -0.25) is 23.4 Å². The Morgan fingerprint density at radius 3 is 1.70 bits per heavy atom. The predicted molar refractivity (Wildman–Crippen MR) is 198 cm³/mol. The van der Waals surface area contributed by atoms with Crippen molar-refractivity contribution in [2.75, 3.05) is 19.8 Å². The van der Waals surface area contributed by atoms with E-state index < -0.39 is 51.1 Å². The third-order valence-corrected chi connectivity index (χ3v) is 8.51. The molecule has 3 atom stereocenters. The average Bonchev–Trinajstić information content (AvgIpc) is 3.09. The van der Waals surface area contributed by atoms with Crippen molar-refractivity contribution in [3.8, 4) is 0 Å². The van der Waals surface area contributed by atoms with Gasteiger partial charge in [0.15, 0.2) is 6.10 Å². The SMILES string of the molecule is CC/C=C\C/C=C\C/C=C\CCCCCCCC(=O)OC(COC(=O)CCCCCCC/C=C\CCCC)COP(=O)(O)OCC(N)C(=O)O. The summed E-state index contributed by atoms with van der Waals surface area (Å²) in [4.78, 5) is 45.7. The van der Waals surface area contributed by atoms with Crippen LogP contribution in [-0.2, 0) is 37.5 Å². The molecule has 288 valence electrons. The summed E-state index contributed by atoms with van der Waals surface area (Å²) in [6.45, 7) is 2.59. The van der Waals surface area contributed by atoms with Crippen LogP contribution >= 0.6 is 7.82 Å². The Balaban J connectivity index is 4.50. The second-order valence-corrected chi connectivity index (χ2v) is 13.8. The summed E-state index contributed by atoms with van der Waals surface area (Å²) >= 11 is 0. The maximum Gasteiger partial charge on any atom is 0.472 e. The van der Waals surface area contributed by atoms with Gasteiger partial charge < -0.3 is 25.2 Å². The first kappa shape index (κ1) is 47.4. The molecule has 0 saturated heterocycles. The zero-order valence-electron chi connectivity index (χ0n) is 30.7. The lowest BCUT2D eigenvalue weighted by Gasteiger charge is -2.20. The highest BCUT2D eigenvalue weighted by Gasteiger charge is 2.28. The molecule has 0 aliphatic rings.